The summed E-state index contributed by atoms with van der Waals surface area (Å²) in [4.78, 5) is 14.6. The second-order valence-electron chi connectivity index (χ2n) is 6.02. The van der Waals surface area contributed by atoms with E-state index in [1.54, 1.807) is 7.11 Å². The number of aryl methyl sites for hydroxylation is 1. The van der Waals surface area contributed by atoms with Gasteiger partial charge in [0.25, 0.3) is 0 Å². The molecule has 3 rings (SSSR count). The van der Waals surface area contributed by atoms with Crippen molar-refractivity contribution in [1.29, 1.82) is 0 Å². The van der Waals surface area contributed by atoms with Crippen LogP contribution in [0.2, 0.25) is 0 Å². The largest absolute Gasteiger partial charge is 0.497 e. The molecule has 24 heavy (non-hydrogen) atoms. The van der Waals surface area contributed by atoms with Gasteiger partial charge in [0.05, 0.1) is 13.2 Å². The minimum atomic E-state index is -0.0463. The number of benzene rings is 2. The second-order valence-corrected chi connectivity index (χ2v) is 6.87. The Balaban J connectivity index is 1.74. The Morgan fingerprint density at radius 1 is 1.25 bits per heavy atom. The first-order valence-corrected chi connectivity index (χ1v) is 8.85. The normalized spacial score (nSPS) is 17.0. The first kappa shape index (κ1) is 16.8. The van der Waals surface area contributed by atoms with Crippen molar-refractivity contribution in [2.45, 2.75) is 25.8 Å². The maximum Gasteiger partial charge on any atom is 0.322 e. The SMILES string of the molecule is COc1ccc([C@H]2CCCN2C(=O)Nc2ccc(Br)c(C)c2)cc1. The molecule has 0 radical (unpaired) electrons. The van der Waals surface area contributed by atoms with Crippen molar-refractivity contribution in [2.75, 3.05) is 19.0 Å². The van der Waals surface area contributed by atoms with E-state index in [1.165, 1.54) is 0 Å². The number of methoxy groups -OCH3 is 1. The number of nitrogens with one attached hydrogen (secondary N) is 1. The number of amides is 2. The van der Waals surface area contributed by atoms with E-state index in [0.717, 1.165) is 46.4 Å². The Bertz CT molecular complexity index is 731. The third-order valence-corrected chi connectivity index (χ3v) is 5.31. The van der Waals surface area contributed by atoms with Gasteiger partial charge in [-0.05, 0) is 61.2 Å². The van der Waals surface area contributed by atoms with Gasteiger partial charge in [-0.1, -0.05) is 28.1 Å². The lowest BCUT2D eigenvalue weighted by Gasteiger charge is -2.25. The number of urea groups is 1. The molecule has 1 aliphatic heterocycles. The fraction of sp³-hybridized carbons (Fsp3) is 0.316. The van der Waals surface area contributed by atoms with Crippen LogP contribution >= 0.6 is 15.9 Å². The molecule has 1 aliphatic rings. The van der Waals surface area contributed by atoms with E-state index in [-0.39, 0.29) is 12.1 Å². The van der Waals surface area contributed by atoms with Crippen molar-refractivity contribution in [3.05, 3.63) is 58.1 Å². The molecule has 0 aromatic heterocycles. The summed E-state index contributed by atoms with van der Waals surface area (Å²) in [6, 6.07) is 13.9. The Kier molecular flexibility index (Phi) is 5.09. The number of carbonyl (C=O) groups excluding carboxylic acids is 1. The quantitative estimate of drug-likeness (QED) is 0.790. The number of ether oxygens (including phenoxy) is 1. The summed E-state index contributed by atoms with van der Waals surface area (Å²) in [5.41, 5.74) is 3.07. The van der Waals surface area contributed by atoms with E-state index >= 15 is 0 Å². The molecule has 1 atom stereocenters. The molecule has 0 bridgehead atoms. The van der Waals surface area contributed by atoms with Gasteiger partial charge >= 0.3 is 6.03 Å². The van der Waals surface area contributed by atoms with E-state index in [0.29, 0.717) is 0 Å². The smallest absolute Gasteiger partial charge is 0.322 e. The molecular weight excluding hydrogens is 368 g/mol. The van der Waals surface area contributed by atoms with E-state index in [2.05, 4.69) is 21.2 Å². The summed E-state index contributed by atoms with van der Waals surface area (Å²) in [7, 11) is 1.66. The number of halogens is 1. The topological polar surface area (TPSA) is 41.6 Å². The van der Waals surface area contributed by atoms with Gasteiger partial charge in [0.1, 0.15) is 5.75 Å². The maximum atomic E-state index is 12.7. The number of likely N-dealkylation sites (tertiary alicyclic amines) is 1. The number of nitrogens with zero attached hydrogens (tertiary/aromatic N) is 1. The van der Waals surface area contributed by atoms with E-state index in [9.17, 15) is 4.79 Å². The van der Waals surface area contributed by atoms with Gasteiger partial charge in [-0.15, -0.1) is 0 Å². The Hall–Kier alpha value is -2.01. The average molecular weight is 389 g/mol. The molecule has 0 unspecified atom stereocenters. The maximum absolute atomic E-state index is 12.7. The molecule has 4 nitrogen and oxygen atoms in total. The van der Waals surface area contributed by atoms with Crippen LogP contribution < -0.4 is 10.1 Å². The molecule has 1 N–H and O–H groups in total. The highest BCUT2D eigenvalue weighted by atomic mass is 79.9. The summed E-state index contributed by atoms with van der Waals surface area (Å²) in [6.07, 6.45) is 2.00. The van der Waals surface area contributed by atoms with Crippen LogP contribution in [-0.4, -0.2) is 24.6 Å². The van der Waals surface area contributed by atoms with Crippen molar-refractivity contribution in [3.8, 4) is 5.75 Å². The minimum absolute atomic E-state index is 0.0463. The second kappa shape index (κ2) is 7.26. The molecule has 2 aromatic rings. The van der Waals surface area contributed by atoms with Gasteiger partial charge in [0.15, 0.2) is 0 Å². The predicted molar refractivity (Wildman–Crippen MR) is 99.6 cm³/mol. The van der Waals surface area contributed by atoms with Crippen LogP contribution in [0.1, 0.15) is 30.0 Å². The van der Waals surface area contributed by atoms with E-state index < -0.39 is 0 Å². The van der Waals surface area contributed by atoms with Crippen LogP contribution in [-0.2, 0) is 0 Å². The first-order valence-electron chi connectivity index (χ1n) is 8.06. The van der Waals surface area contributed by atoms with Crippen LogP contribution in [0.4, 0.5) is 10.5 Å². The summed E-state index contributed by atoms with van der Waals surface area (Å²) in [6.45, 7) is 2.79. The fourth-order valence-corrected chi connectivity index (χ4v) is 3.35. The average Bonchev–Trinajstić information content (AvgIpc) is 3.08. The molecule has 126 valence electrons. The Labute approximate surface area is 150 Å². The number of carbonyl (C=O) groups is 1. The van der Waals surface area contributed by atoms with Crippen LogP contribution in [0.3, 0.4) is 0 Å². The van der Waals surface area contributed by atoms with Crippen molar-refractivity contribution < 1.29 is 9.53 Å². The molecule has 1 heterocycles. The molecular formula is C19H21BrN2O2. The number of hydrogen-bond acceptors (Lipinski definition) is 2. The Morgan fingerprint density at radius 3 is 2.67 bits per heavy atom. The summed E-state index contributed by atoms with van der Waals surface area (Å²) >= 11 is 3.48. The van der Waals surface area contributed by atoms with Gasteiger partial charge in [0.2, 0.25) is 0 Å². The number of anilines is 1. The molecule has 2 aromatic carbocycles. The van der Waals surface area contributed by atoms with Gasteiger partial charge < -0.3 is 15.0 Å². The van der Waals surface area contributed by atoms with Crippen molar-refractivity contribution in [1.82, 2.24) is 4.90 Å². The summed E-state index contributed by atoms with van der Waals surface area (Å²) in [5.74, 6) is 0.832. The first-order chi connectivity index (χ1) is 11.6. The third-order valence-electron chi connectivity index (χ3n) is 4.42. The summed E-state index contributed by atoms with van der Waals surface area (Å²) < 4.78 is 6.25. The molecule has 2 amide bonds. The van der Waals surface area contributed by atoms with Gasteiger partial charge in [-0.25, -0.2) is 4.79 Å². The minimum Gasteiger partial charge on any atom is -0.497 e. The van der Waals surface area contributed by atoms with Crippen molar-refractivity contribution in [2.24, 2.45) is 0 Å². The molecule has 5 heteroatoms. The standard InChI is InChI=1S/C19H21BrN2O2/c1-13-12-15(7-10-17(13)20)21-19(23)22-11-3-4-18(22)14-5-8-16(24-2)9-6-14/h5-10,12,18H,3-4,11H2,1-2H3,(H,21,23)/t18-/m1/s1. The predicted octanol–water partition coefficient (Wildman–Crippen LogP) is 5.14. The lowest BCUT2D eigenvalue weighted by molar-refractivity contribution is 0.207. The zero-order valence-corrected chi connectivity index (χ0v) is 15.5. The number of rotatable bonds is 3. The van der Waals surface area contributed by atoms with E-state index in [1.807, 2.05) is 54.3 Å². The fourth-order valence-electron chi connectivity index (χ4n) is 3.10. The van der Waals surface area contributed by atoms with Crippen LogP contribution in [0.5, 0.6) is 5.75 Å². The molecule has 1 fully saturated rings. The molecule has 0 spiro atoms. The highest BCUT2D eigenvalue weighted by Crippen LogP contribution is 2.33. The van der Waals surface area contributed by atoms with Gasteiger partial charge in [-0.2, -0.15) is 0 Å². The zero-order chi connectivity index (χ0) is 17.1. The van der Waals surface area contributed by atoms with Crippen molar-refractivity contribution >= 4 is 27.6 Å². The molecule has 0 saturated carbocycles. The zero-order valence-electron chi connectivity index (χ0n) is 13.9. The van der Waals surface area contributed by atoms with Crippen LogP contribution in [0.25, 0.3) is 0 Å². The van der Waals surface area contributed by atoms with Crippen LogP contribution in [0, 0.1) is 6.92 Å². The summed E-state index contributed by atoms with van der Waals surface area (Å²) in [5, 5.41) is 3.02. The lowest BCUT2D eigenvalue weighted by Crippen LogP contribution is -2.34. The van der Waals surface area contributed by atoms with Crippen molar-refractivity contribution in [3.63, 3.8) is 0 Å². The van der Waals surface area contributed by atoms with Crippen LogP contribution in [0.15, 0.2) is 46.9 Å². The molecule has 1 saturated heterocycles. The van der Waals surface area contributed by atoms with Gasteiger partial charge in [0, 0.05) is 16.7 Å². The van der Waals surface area contributed by atoms with E-state index in [4.69, 9.17) is 4.74 Å². The van der Waals surface area contributed by atoms with Gasteiger partial charge in [-0.3, -0.25) is 0 Å². The lowest BCUT2D eigenvalue weighted by atomic mass is 10.0. The molecule has 0 aliphatic carbocycles. The monoisotopic (exact) mass is 388 g/mol. The highest BCUT2D eigenvalue weighted by molar-refractivity contribution is 9.10. The number of hydrogen-bond donors (Lipinski definition) is 1. The third kappa shape index (κ3) is 3.56. The Morgan fingerprint density at radius 2 is 2.00 bits per heavy atom. The highest BCUT2D eigenvalue weighted by Gasteiger charge is 2.30.